The number of rotatable bonds is 9. The van der Waals surface area contributed by atoms with E-state index in [4.69, 9.17) is 16.3 Å². The molecule has 0 aromatic heterocycles. The molecule has 0 aliphatic heterocycles. The molecule has 208 valence electrons. The van der Waals surface area contributed by atoms with Gasteiger partial charge in [-0.05, 0) is 76.4 Å². The van der Waals surface area contributed by atoms with E-state index < -0.39 is 21.7 Å². The molecule has 0 atom stereocenters. The topological polar surface area (TPSA) is 125 Å². The molecule has 0 bridgehead atoms. The summed E-state index contributed by atoms with van der Waals surface area (Å²) in [5, 5.41) is 13.5. The lowest BCUT2D eigenvalue weighted by Crippen LogP contribution is -2.41. The van der Waals surface area contributed by atoms with E-state index in [1.54, 1.807) is 56.0 Å². The van der Waals surface area contributed by atoms with E-state index in [2.05, 4.69) is 10.0 Å². The van der Waals surface area contributed by atoms with Crippen molar-refractivity contribution in [2.24, 2.45) is 0 Å². The largest absolute Gasteiger partial charge is 0.506 e. The van der Waals surface area contributed by atoms with Gasteiger partial charge in [0.05, 0.1) is 11.4 Å². The number of nitrogens with zero attached hydrogens (tertiary/aromatic N) is 1. The summed E-state index contributed by atoms with van der Waals surface area (Å²) >= 11 is 6.19. The molecular weight excluding hydrogens is 530 g/mol. The van der Waals surface area contributed by atoms with E-state index in [0.717, 1.165) is 32.1 Å². The molecule has 2 aromatic carbocycles. The molecule has 2 amide bonds. The molecule has 0 radical (unpaired) electrons. The molecule has 3 rings (SSSR count). The number of carbonyl (C=O) groups excluding carboxylic acids is 2. The summed E-state index contributed by atoms with van der Waals surface area (Å²) in [5.74, 6) is -0.631. The Morgan fingerprint density at radius 2 is 1.82 bits per heavy atom. The Labute approximate surface area is 229 Å². The van der Waals surface area contributed by atoms with Crippen molar-refractivity contribution in [1.29, 1.82) is 0 Å². The minimum absolute atomic E-state index is 0.0508. The molecule has 1 aliphatic carbocycles. The fourth-order valence-corrected chi connectivity index (χ4v) is 5.63. The number of aromatic hydroxyl groups is 1. The smallest absolute Gasteiger partial charge is 0.407 e. The normalized spacial score (nSPS) is 14.5. The van der Waals surface area contributed by atoms with Gasteiger partial charge >= 0.3 is 6.09 Å². The first-order chi connectivity index (χ1) is 17.8. The second-order valence-electron chi connectivity index (χ2n) is 10.4. The van der Waals surface area contributed by atoms with E-state index in [0.29, 0.717) is 10.7 Å². The number of hydrogen-bond acceptors (Lipinski definition) is 6. The minimum atomic E-state index is -3.74. The third-order valence-electron chi connectivity index (χ3n) is 6.00. The SMILES string of the molecule is CC(C)(C)OC(=O)NCCCS(=O)(=O)Nc1cccc(C(=O)N(c2cc(Cl)ccc2O)C2CCCCC2)c1. The quantitative estimate of drug-likeness (QED) is 0.336. The second kappa shape index (κ2) is 12.7. The molecule has 0 heterocycles. The first kappa shape index (κ1) is 29.6. The molecular formula is C27H36ClN3O6S. The molecule has 0 unspecified atom stereocenters. The fourth-order valence-electron chi connectivity index (χ4n) is 4.35. The Bertz CT molecular complexity index is 1240. The summed E-state index contributed by atoms with van der Waals surface area (Å²) in [5.41, 5.74) is 0.215. The van der Waals surface area contributed by atoms with E-state index in [9.17, 15) is 23.1 Å². The lowest BCUT2D eigenvalue weighted by Gasteiger charge is -2.35. The standard InChI is InChI=1S/C27H36ClN3O6S/c1-27(2,3)37-26(34)29-15-8-16-38(35,36)30-21-10-7-9-19(17-21)25(33)31(22-11-5-4-6-12-22)23-18-20(28)13-14-24(23)32/h7,9-10,13-14,17-18,22,30,32H,4-6,8,11-12,15-16H2,1-3H3,(H,29,34). The molecule has 3 N–H and O–H groups in total. The highest BCUT2D eigenvalue weighted by molar-refractivity contribution is 7.92. The van der Waals surface area contributed by atoms with Gasteiger partial charge in [-0.1, -0.05) is 36.9 Å². The zero-order valence-corrected chi connectivity index (χ0v) is 23.6. The maximum atomic E-state index is 13.7. The number of alkyl carbamates (subject to hydrolysis) is 1. The van der Waals surface area contributed by atoms with Crippen LogP contribution >= 0.6 is 11.6 Å². The summed E-state index contributed by atoms with van der Waals surface area (Å²) in [6.45, 7) is 5.36. The van der Waals surface area contributed by atoms with Crippen LogP contribution in [0, 0.1) is 0 Å². The average molecular weight is 566 g/mol. The monoisotopic (exact) mass is 565 g/mol. The van der Waals surface area contributed by atoms with E-state index in [1.807, 2.05) is 0 Å². The lowest BCUT2D eigenvalue weighted by atomic mass is 9.93. The van der Waals surface area contributed by atoms with Crippen LogP contribution in [0.2, 0.25) is 5.02 Å². The van der Waals surface area contributed by atoms with Crippen molar-refractivity contribution in [1.82, 2.24) is 5.32 Å². The highest BCUT2D eigenvalue weighted by Crippen LogP contribution is 2.36. The molecule has 0 spiro atoms. The summed E-state index contributed by atoms with van der Waals surface area (Å²) in [4.78, 5) is 27.1. The third kappa shape index (κ3) is 8.80. The van der Waals surface area contributed by atoms with Gasteiger partial charge < -0.3 is 20.1 Å². The van der Waals surface area contributed by atoms with Crippen LogP contribution < -0.4 is 14.9 Å². The highest BCUT2D eigenvalue weighted by atomic mass is 35.5. The van der Waals surface area contributed by atoms with Crippen molar-refractivity contribution in [2.75, 3.05) is 21.9 Å². The summed E-state index contributed by atoms with van der Waals surface area (Å²) in [7, 11) is -3.74. The van der Waals surface area contributed by atoms with Crippen molar-refractivity contribution >= 4 is 45.0 Å². The van der Waals surface area contributed by atoms with Gasteiger partial charge in [-0.25, -0.2) is 13.2 Å². The van der Waals surface area contributed by atoms with Gasteiger partial charge in [-0.2, -0.15) is 0 Å². The van der Waals surface area contributed by atoms with E-state index >= 15 is 0 Å². The number of nitrogens with one attached hydrogen (secondary N) is 2. The van der Waals surface area contributed by atoms with Gasteiger partial charge in [0.25, 0.3) is 5.91 Å². The van der Waals surface area contributed by atoms with Gasteiger partial charge in [-0.3, -0.25) is 9.52 Å². The highest BCUT2D eigenvalue weighted by Gasteiger charge is 2.30. The van der Waals surface area contributed by atoms with Gasteiger partial charge in [0.15, 0.2) is 0 Å². The minimum Gasteiger partial charge on any atom is -0.506 e. The first-order valence-electron chi connectivity index (χ1n) is 12.7. The van der Waals surface area contributed by atoms with Crippen LogP contribution in [0.1, 0.15) is 69.7 Å². The maximum absolute atomic E-state index is 13.7. The van der Waals surface area contributed by atoms with Gasteiger partial charge in [0.2, 0.25) is 10.0 Å². The van der Waals surface area contributed by atoms with Crippen LogP contribution in [0.3, 0.4) is 0 Å². The van der Waals surface area contributed by atoms with Crippen molar-refractivity contribution in [2.45, 2.75) is 70.9 Å². The number of anilines is 2. The molecule has 9 nitrogen and oxygen atoms in total. The van der Waals surface area contributed by atoms with Crippen LogP contribution in [-0.2, 0) is 14.8 Å². The van der Waals surface area contributed by atoms with Crippen molar-refractivity contribution in [3.05, 3.63) is 53.1 Å². The van der Waals surface area contributed by atoms with Crippen LogP contribution in [0.5, 0.6) is 5.75 Å². The zero-order valence-electron chi connectivity index (χ0n) is 22.0. The summed E-state index contributed by atoms with van der Waals surface area (Å²) in [6.07, 6.45) is 4.18. The van der Waals surface area contributed by atoms with Crippen molar-refractivity contribution < 1.29 is 27.9 Å². The lowest BCUT2D eigenvalue weighted by molar-refractivity contribution is 0.0527. The molecule has 1 fully saturated rings. The molecule has 38 heavy (non-hydrogen) atoms. The average Bonchev–Trinajstić information content (AvgIpc) is 2.83. The Morgan fingerprint density at radius 1 is 1.11 bits per heavy atom. The number of amides is 2. The Hall–Kier alpha value is -2.98. The number of halogens is 1. The molecule has 1 aliphatic rings. The van der Waals surface area contributed by atoms with Crippen LogP contribution in [0.25, 0.3) is 0 Å². The molecule has 11 heteroatoms. The number of benzene rings is 2. The van der Waals surface area contributed by atoms with Gasteiger partial charge in [-0.15, -0.1) is 0 Å². The van der Waals surface area contributed by atoms with Crippen LogP contribution in [0.4, 0.5) is 16.2 Å². The Kier molecular flexibility index (Phi) is 9.89. The maximum Gasteiger partial charge on any atom is 0.407 e. The van der Waals surface area contributed by atoms with Crippen molar-refractivity contribution in [3.8, 4) is 5.75 Å². The number of hydrogen-bond donors (Lipinski definition) is 3. The Balaban J connectivity index is 1.71. The fraction of sp³-hybridized carbons (Fsp3) is 0.481. The number of phenols is 1. The van der Waals surface area contributed by atoms with Crippen molar-refractivity contribution in [3.63, 3.8) is 0 Å². The number of phenolic OH excluding ortho intramolecular Hbond substituents is 1. The van der Waals surface area contributed by atoms with Gasteiger partial charge in [0, 0.05) is 28.9 Å². The number of ether oxygens (including phenoxy) is 1. The third-order valence-corrected chi connectivity index (χ3v) is 7.60. The predicted molar refractivity (Wildman–Crippen MR) is 150 cm³/mol. The molecule has 1 saturated carbocycles. The number of carbonyl (C=O) groups is 2. The first-order valence-corrected chi connectivity index (χ1v) is 14.8. The summed E-state index contributed by atoms with van der Waals surface area (Å²) < 4.78 is 32.9. The Morgan fingerprint density at radius 3 is 2.50 bits per heavy atom. The van der Waals surface area contributed by atoms with Gasteiger partial charge in [0.1, 0.15) is 11.4 Å². The molecule has 0 saturated heterocycles. The zero-order chi connectivity index (χ0) is 27.9. The van der Waals surface area contributed by atoms with Crippen LogP contribution in [-0.4, -0.2) is 49.5 Å². The summed E-state index contributed by atoms with van der Waals surface area (Å²) in [6, 6.07) is 10.7. The van der Waals surface area contributed by atoms with E-state index in [1.165, 1.54) is 12.1 Å². The number of sulfonamides is 1. The van der Waals surface area contributed by atoms with Crippen LogP contribution in [0.15, 0.2) is 42.5 Å². The van der Waals surface area contributed by atoms with E-state index in [-0.39, 0.29) is 47.7 Å². The predicted octanol–water partition coefficient (Wildman–Crippen LogP) is 5.68. The molecule has 2 aromatic rings. The second-order valence-corrected chi connectivity index (χ2v) is 12.7.